The third-order valence-corrected chi connectivity index (χ3v) is 4.68. The van der Waals surface area contributed by atoms with Crippen LogP contribution in [0.2, 0.25) is 0 Å². The number of nitrogens with two attached hydrogens (primary N) is 1. The molecule has 30 heavy (non-hydrogen) atoms. The van der Waals surface area contributed by atoms with Crippen molar-refractivity contribution >= 4 is 5.97 Å². The molecule has 0 radical (unpaired) electrons. The molecular formula is C24H38N2O4. The van der Waals surface area contributed by atoms with E-state index in [0.717, 1.165) is 4.90 Å². The predicted molar refractivity (Wildman–Crippen MR) is 118 cm³/mol. The number of methoxy groups -OCH3 is 2. The second-order valence-corrected chi connectivity index (χ2v) is 6.50. The molecule has 0 bridgehead atoms. The Morgan fingerprint density at radius 2 is 2.13 bits per heavy atom. The Kier molecular flexibility index (Phi) is 2.03. The summed E-state index contributed by atoms with van der Waals surface area (Å²) in [4.78, 5) is 14.7. The fourth-order valence-electron chi connectivity index (χ4n) is 3.32. The van der Waals surface area contributed by atoms with E-state index in [9.17, 15) is 7.54 Å². The highest BCUT2D eigenvalue weighted by Crippen LogP contribution is 2.44. The molecule has 3 rings (SSSR count). The zero-order valence-electron chi connectivity index (χ0n) is 42.6. The largest absolute Gasteiger partial charge is 0.493 e. The van der Waals surface area contributed by atoms with Crippen LogP contribution in [0.15, 0.2) is 12.1 Å². The highest BCUT2D eigenvalue weighted by Gasteiger charge is 2.41. The minimum atomic E-state index is -4.29. The van der Waals surface area contributed by atoms with Crippen molar-refractivity contribution in [2.45, 2.75) is 64.7 Å². The molecule has 1 saturated heterocycles. The van der Waals surface area contributed by atoms with Crippen molar-refractivity contribution in [3.63, 3.8) is 0 Å². The summed E-state index contributed by atoms with van der Waals surface area (Å²) in [6.07, 6.45) is -9.91. The zero-order chi connectivity index (χ0) is 45.1. The fourth-order valence-corrected chi connectivity index (χ4v) is 3.32. The second-order valence-electron chi connectivity index (χ2n) is 6.50. The minimum Gasteiger partial charge on any atom is -0.493 e. The number of carbonyl (C=O) groups is 1. The van der Waals surface area contributed by atoms with Gasteiger partial charge in [-0.3, -0.25) is 9.69 Å². The van der Waals surface area contributed by atoms with Crippen LogP contribution in [0.3, 0.4) is 0 Å². The van der Waals surface area contributed by atoms with Crippen molar-refractivity contribution in [1.82, 2.24) is 4.90 Å². The van der Waals surface area contributed by atoms with Crippen molar-refractivity contribution < 1.29 is 56.0 Å². The molecule has 4 atom stereocenters. The SMILES string of the molecule is [2H]c1c2c(c([2H])c(OC([2H])([2H])[2H])c1OC([2H])([2H])[2H])C1([2H])CC([2H])(OC(=O)[C@@]([2H])(N)C([2H])(C([2H])([2H])[2H])C([2H])([2H])[2H])C(C([2H])([2H])C([2H])(C([2H])([2H])[2H])C([2H])([2H])[2H])CN1CC2. The standard InChI is InChI=1S/C24H38N2O4/c1-14(2)9-17-13-26-8-7-16-10-21(28-5)22(29-6)11-18(16)19(26)12-20(17)30-24(27)23(25)15(3)4/h10-11,14-15,17,19-20,23H,7-9,12-13,25H2,1-6H3/t17?,19?,20?,23-/m0/s1/i1D3,2D3,3D3,4D3,5D3,6D3,9D2,10D,11D,14D,15D,19D,20D,23D. The van der Waals surface area contributed by atoms with Crippen LogP contribution >= 0.6 is 0 Å². The van der Waals surface area contributed by atoms with Gasteiger partial charge in [-0.15, -0.1) is 0 Å². The number of piperidine rings is 1. The monoisotopic (exact) mass is 445 g/mol. The number of fused-ring (bicyclic) bond motifs is 3. The van der Waals surface area contributed by atoms with Crippen LogP contribution in [0, 0.1) is 17.7 Å². The van der Waals surface area contributed by atoms with Gasteiger partial charge in [0.05, 0.1) is 29.2 Å². The molecule has 0 saturated carbocycles. The first-order valence-corrected chi connectivity index (χ1v) is 8.62. The summed E-state index contributed by atoms with van der Waals surface area (Å²) in [7, 11) is -6.86. The van der Waals surface area contributed by atoms with Crippen molar-refractivity contribution in [3.8, 4) is 11.5 Å². The number of rotatable bonds is 7. The Hall–Kier alpha value is -1.79. The molecule has 1 fully saturated rings. The quantitative estimate of drug-likeness (QED) is 0.647. The lowest BCUT2D eigenvalue weighted by atomic mass is 9.79. The predicted octanol–water partition coefficient (Wildman–Crippen LogP) is 3.56. The average molecular weight is 446 g/mol. The Morgan fingerprint density at radius 1 is 1.37 bits per heavy atom. The van der Waals surface area contributed by atoms with Crippen molar-refractivity contribution in [2.75, 3.05) is 27.2 Å². The smallest absolute Gasteiger partial charge is 0.323 e. The van der Waals surface area contributed by atoms with E-state index in [1.807, 2.05) is 0 Å². The minimum absolute atomic E-state index is 0.429. The van der Waals surface area contributed by atoms with Crippen LogP contribution in [0.5, 0.6) is 11.5 Å². The van der Waals surface area contributed by atoms with Gasteiger partial charge in [0.25, 0.3) is 0 Å². The van der Waals surface area contributed by atoms with Gasteiger partial charge in [0, 0.05) is 53.4 Å². The number of esters is 1. The molecule has 2 heterocycles. The third-order valence-electron chi connectivity index (χ3n) is 4.68. The highest BCUT2D eigenvalue weighted by atomic mass is 16.5. The normalized spacial score (nSPS) is 47.8. The summed E-state index contributed by atoms with van der Waals surface area (Å²) in [5, 5.41) is 0. The van der Waals surface area contributed by atoms with Gasteiger partial charge in [0.2, 0.25) is 0 Å². The maximum atomic E-state index is 13.9. The highest BCUT2D eigenvalue weighted by molar-refractivity contribution is 5.76. The van der Waals surface area contributed by atoms with Crippen LogP contribution in [0.1, 0.15) is 94.4 Å². The van der Waals surface area contributed by atoms with Gasteiger partial charge < -0.3 is 19.9 Å². The third kappa shape index (κ3) is 4.75. The fraction of sp³-hybridized carbons (Fsp3) is 0.708. The zero-order valence-corrected chi connectivity index (χ0v) is 15.6. The summed E-state index contributed by atoms with van der Waals surface area (Å²) in [6.45, 7) is -18.2. The lowest BCUT2D eigenvalue weighted by Gasteiger charge is -2.47. The molecule has 3 unspecified atom stereocenters. The van der Waals surface area contributed by atoms with E-state index in [0.29, 0.717) is 0 Å². The maximum Gasteiger partial charge on any atom is 0.323 e. The van der Waals surface area contributed by atoms with Crippen LogP contribution in [-0.4, -0.2) is 50.1 Å². The molecule has 0 aliphatic carbocycles. The number of ether oxygens (including phenoxy) is 3. The maximum absolute atomic E-state index is 13.9. The summed E-state index contributed by atoms with van der Waals surface area (Å²) < 4.78 is 234. The van der Waals surface area contributed by atoms with Crippen molar-refractivity contribution in [3.05, 3.63) is 23.2 Å². The number of carbonyl (C=O) groups excluding carboxylic acids is 1. The molecule has 6 heteroatoms. The van der Waals surface area contributed by atoms with Gasteiger partial charge in [-0.2, -0.15) is 0 Å². The molecule has 2 N–H and O–H groups in total. The van der Waals surface area contributed by atoms with Gasteiger partial charge in [-0.05, 0) is 47.8 Å². The van der Waals surface area contributed by atoms with Gasteiger partial charge in [0.15, 0.2) is 11.5 Å². The molecule has 0 amide bonds. The first kappa shape index (κ1) is 6.38. The average Bonchev–Trinajstić information content (AvgIpc) is 2.95. The van der Waals surface area contributed by atoms with Crippen molar-refractivity contribution in [2.24, 2.45) is 23.4 Å². The van der Waals surface area contributed by atoms with E-state index in [4.69, 9.17) is 54.2 Å². The molecule has 1 aromatic rings. The van der Waals surface area contributed by atoms with Gasteiger partial charge >= 0.3 is 5.97 Å². The van der Waals surface area contributed by atoms with E-state index in [2.05, 4.69) is 0 Å². The molecule has 2 aliphatic rings. The number of hydrogen-bond acceptors (Lipinski definition) is 6. The molecule has 0 spiro atoms. The summed E-state index contributed by atoms with van der Waals surface area (Å²) >= 11 is 0. The van der Waals surface area contributed by atoms with Gasteiger partial charge in [-0.1, -0.05) is 27.4 Å². The summed E-state index contributed by atoms with van der Waals surface area (Å²) in [5.41, 5.74) is 4.44. The topological polar surface area (TPSA) is 74.0 Å². The number of benzene rings is 1. The molecule has 2 aliphatic heterocycles. The first-order valence-electron chi connectivity index (χ1n) is 22.1. The van der Waals surface area contributed by atoms with Crippen LogP contribution in [-0.2, 0) is 16.0 Å². The molecule has 0 aromatic heterocycles. The summed E-state index contributed by atoms with van der Waals surface area (Å²) in [5.74, 6) is -16.2. The van der Waals surface area contributed by atoms with E-state index in [1.54, 1.807) is 0 Å². The molecule has 6 nitrogen and oxygen atoms in total. The van der Waals surface area contributed by atoms with E-state index < -0.39 is 150 Å². The lowest BCUT2D eigenvalue weighted by Crippen LogP contribution is -2.51. The first-order chi connectivity index (χ1) is 24.8. The van der Waals surface area contributed by atoms with Gasteiger partial charge in [-0.25, -0.2) is 0 Å². The number of hydrogen-bond donors (Lipinski definition) is 1. The van der Waals surface area contributed by atoms with Crippen LogP contribution in [0.25, 0.3) is 0 Å². The van der Waals surface area contributed by atoms with Crippen LogP contribution in [0.4, 0.5) is 0 Å². The molecular weight excluding hydrogens is 380 g/mol. The van der Waals surface area contributed by atoms with E-state index >= 15 is 0 Å². The van der Waals surface area contributed by atoms with E-state index in [1.165, 1.54) is 0 Å². The Balaban J connectivity index is 2.49. The molecule has 1 aromatic carbocycles. The second kappa shape index (κ2) is 9.56. The van der Waals surface area contributed by atoms with Gasteiger partial charge in [0.1, 0.15) is 12.1 Å². The Morgan fingerprint density at radius 3 is 2.83 bits per heavy atom. The summed E-state index contributed by atoms with van der Waals surface area (Å²) in [6, 6.07) is -9.26. The Labute approximate surface area is 219 Å². The molecule has 168 valence electrons. The number of nitrogens with zero attached hydrogens (tertiary/aromatic N) is 1. The lowest BCUT2D eigenvalue weighted by molar-refractivity contribution is -0.160. The van der Waals surface area contributed by atoms with Crippen molar-refractivity contribution in [1.29, 1.82) is 0 Å². The van der Waals surface area contributed by atoms with E-state index in [-0.39, 0.29) is 0 Å². The Bertz CT molecular complexity index is 1700. The van der Waals surface area contributed by atoms with Crippen LogP contribution < -0.4 is 15.2 Å².